The first-order chi connectivity index (χ1) is 9.97. The van der Waals surface area contributed by atoms with Crippen molar-refractivity contribution >= 4 is 11.6 Å². The van der Waals surface area contributed by atoms with Crippen molar-refractivity contribution in [1.82, 2.24) is 9.97 Å². The molecule has 1 aliphatic heterocycles. The molecule has 1 saturated carbocycles. The Labute approximate surface area is 121 Å². The number of hydrogen-bond acceptors (Lipinski definition) is 4. The van der Waals surface area contributed by atoms with Gasteiger partial charge in [0.2, 0.25) is 5.82 Å². The van der Waals surface area contributed by atoms with Crippen molar-refractivity contribution in [2.45, 2.75) is 44.8 Å². The molecule has 21 heavy (non-hydrogen) atoms. The van der Waals surface area contributed by atoms with E-state index in [2.05, 4.69) is 15.3 Å². The molecule has 7 heteroatoms. The van der Waals surface area contributed by atoms with E-state index in [1.807, 2.05) is 11.8 Å². The number of alkyl halides is 3. The number of nitrogens with one attached hydrogen (secondary N) is 1. The molecule has 1 aliphatic carbocycles. The Morgan fingerprint density at radius 1 is 1.33 bits per heavy atom. The number of nitrogens with zero attached hydrogens (tertiary/aromatic N) is 3. The highest BCUT2D eigenvalue weighted by Crippen LogP contribution is 2.40. The zero-order valence-electron chi connectivity index (χ0n) is 12.0. The molecule has 1 N–H and O–H groups in total. The molecule has 2 atom stereocenters. The number of aromatic nitrogens is 2. The molecule has 1 aromatic heterocycles. The highest BCUT2D eigenvalue weighted by atomic mass is 19.4. The molecule has 2 aliphatic rings. The van der Waals surface area contributed by atoms with Gasteiger partial charge in [-0.3, -0.25) is 0 Å². The van der Waals surface area contributed by atoms with Crippen LogP contribution < -0.4 is 10.2 Å². The van der Waals surface area contributed by atoms with Crippen molar-refractivity contribution < 1.29 is 13.2 Å². The van der Waals surface area contributed by atoms with Crippen LogP contribution in [0.15, 0.2) is 6.07 Å². The quantitative estimate of drug-likeness (QED) is 0.926. The van der Waals surface area contributed by atoms with E-state index in [9.17, 15) is 13.2 Å². The van der Waals surface area contributed by atoms with Crippen molar-refractivity contribution in [3.8, 4) is 0 Å². The van der Waals surface area contributed by atoms with Crippen LogP contribution in [-0.4, -0.2) is 29.1 Å². The summed E-state index contributed by atoms with van der Waals surface area (Å²) in [5, 5.41) is 2.94. The Bertz CT molecular complexity index is 517. The molecule has 2 heterocycles. The molecular weight excluding hydrogens is 281 g/mol. The van der Waals surface area contributed by atoms with E-state index >= 15 is 0 Å². The van der Waals surface area contributed by atoms with E-state index in [0.717, 1.165) is 25.8 Å². The van der Waals surface area contributed by atoms with E-state index in [4.69, 9.17) is 0 Å². The van der Waals surface area contributed by atoms with Crippen LogP contribution in [0.2, 0.25) is 0 Å². The monoisotopic (exact) mass is 300 g/mol. The average molecular weight is 300 g/mol. The fraction of sp³-hybridized carbons (Fsp3) is 0.714. The minimum atomic E-state index is -4.52. The van der Waals surface area contributed by atoms with Gasteiger partial charge in [0.05, 0.1) is 0 Å². The molecule has 4 nitrogen and oxygen atoms in total. The second-order valence-electron chi connectivity index (χ2n) is 5.84. The van der Waals surface area contributed by atoms with Crippen molar-refractivity contribution in [3.63, 3.8) is 0 Å². The molecule has 0 radical (unpaired) electrons. The topological polar surface area (TPSA) is 41.0 Å². The predicted octanol–water partition coefficient (Wildman–Crippen LogP) is 3.31. The SMILES string of the molecule is CCCNc1cc(N2CC3CCC2C3)nc(C(F)(F)F)n1. The van der Waals surface area contributed by atoms with Crippen LogP contribution in [0.1, 0.15) is 38.4 Å². The Morgan fingerprint density at radius 3 is 2.71 bits per heavy atom. The maximum atomic E-state index is 13.0. The van der Waals surface area contributed by atoms with Gasteiger partial charge in [0.25, 0.3) is 0 Å². The van der Waals surface area contributed by atoms with Gasteiger partial charge >= 0.3 is 6.18 Å². The Balaban J connectivity index is 1.91. The van der Waals surface area contributed by atoms with Crippen molar-refractivity contribution in [2.75, 3.05) is 23.3 Å². The number of fused-ring (bicyclic) bond motifs is 2. The van der Waals surface area contributed by atoms with Crippen LogP contribution in [0.5, 0.6) is 0 Å². The van der Waals surface area contributed by atoms with Gasteiger partial charge < -0.3 is 10.2 Å². The predicted molar refractivity (Wildman–Crippen MR) is 74.3 cm³/mol. The molecule has 116 valence electrons. The summed E-state index contributed by atoms with van der Waals surface area (Å²) in [6.45, 7) is 3.37. The minimum Gasteiger partial charge on any atom is -0.370 e. The van der Waals surface area contributed by atoms with Gasteiger partial charge in [0.15, 0.2) is 0 Å². The number of hydrogen-bond donors (Lipinski definition) is 1. The highest BCUT2D eigenvalue weighted by Gasteiger charge is 2.40. The minimum absolute atomic E-state index is 0.261. The number of halogens is 3. The van der Waals surface area contributed by atoms with E-state index in [1.165, 1.54) is 6.42 Å². The summed E-state index contributed by atoms with van der Waals surface area (Å²) in [6.07, 6.45) is -0.386. The van der Waals surface area contributed by atoms with Gasteiger partial charge in [-0.15, -0.1) is 0 Å². The van der Waals surface area contributed by atoms with Crippen LogP contribution >= 0.6 is 0 Å². The lowest BCUT2D eigenvalue weighted by Crippen LogP contribution is -2.33. The fourth-order valence-electron chi connectivity index (χ4n) is 3.26. The smallest absolute Gasteiger partial charge is 0.370 e. The van der Waals surface area contributed by atoms with E-state index < -0.39 is 12.0 Å². The van der Waals surface area contributed by atoms with Gasteiger partial charge in [0, 0.05) is 25.2 Å². The third-order valence-corrected chi connectivity index (χ3v) is 4.23. The first-order valence-electron chi connectivity index (χ1n) is 7.44. The van der Waals surface area contributed by atoms with Crippen molar-refractivity contribution in [3.05, 3.63) is 11.9 Å². The van der Waals surface area contributed by atoms with Gasteiger partial charge in [-0.2, -0.15) is 13.2 Å². The van der Waals surface area contributed by atoms with Gasteiger partial charge in [-0.1, -0.05) is 6.92 Å². The van der Waals surface area contributed by atoms with Crippen molar-refractivity contribution in [2.24, 2.45) is 5.92 Å². The van der Waals surface area contributed by atoms with Crippen LogP contribution in [0.25, 0.3) is 0 Å². The normalized spacial score (nSPS) is 24.7. The highest BCUT2D eigenvalue weighted by molar-refractivity contribution is 5.51. The molecule has 2 bridgehead atoms. The van der Waals surface area contributed by atoms with Crippen LogP contribution in [0.3, 0.4) is 0 Å². The third-order valence-electron chi connectivity index (χ3n) is 4.23. The zero-order chi connectivity index (χ0) is 15.0. The van der Waals surface area contributed by atoms with Crippen LogP contribution in [-0.2, 0) is 6.18 Å². The lowest BCUT2D eigenvalue weighted by atomic mass is 10.1. The lowest BCUT2D eigenvalue weighted by Gasteiger charge is -2.28. The van der Waals surface area contributed by atoms with Crippen molar-refractivity contribution in [1.29, 1.82) is 0 Å². The Kier molecular flexibility index (Phi) is 3.67. The average Bonchev–Trinajstić information content (AvgIpc) is 3.06. The van der Waals surface area contributed by atoms with Crippen LogP contribution in [0.4, 0.5) is 24.8 Å². The Morgan fingerprint density at radius 2 is 2.14 bits per heavy atom. The lowest BCUT2D eigenvalue weighted by molar-refractivity contribution is -0.144. The molecular formula is C14H19F3N4. The molecule has 3 rings (SSSR count). The number of rotatable bonds is 4. The second kappa shape index (κ2) is 5.35. The maximum absolute atomic E-state index is 13.0. The third kappa shape index (κ3) is 2.91. The van der Waals surface area contributed by atoms with E-state index in [0.29, 0.717) is 24.3 Å². The molecule has 0 aromatic carbocycles. The van der Waals surface area contributed by atoms with Gasteiger partial charge in [-0.05, 0) is 31.6 Å². The second-order valence-corrected chi connectivity index (χ2v) is 5.84. The molecule has 2 unspecified atom stereocenters. The molecule has 1 aromatic rings. The number of anilines is 2. The largest absolute Gasteiger partial charge is 0.451 e. The fourth-order valence-corrected chi connectivity index (χ4v) is 3.26. The Hall–Kier alpha value is -1.53. The summed E-state index contributed by atoms with van der Waals surface area (Å²) in [6, 6.07) is 1.98. The molecule has 0 spiro atoms. The van der Waals surface area contributed by atoms with E-state index in [-0.39, 0.29) is 5.82 Å². The zero-order valence-corrected chi connectivity index (χ0v) is 12.0. The maximum Gasteiger partial charge on any atom is 0.451 e. The standard InChI is InChI=1S/C14H19F3N4/c1-2-5-18-11-7-12(20-13(19-11)14(15,16)17)21-8-9-3-4-10(21)6-9/h7,9-10H,2-6,8H2,1H3,(H,18,19,20). The first kappa shape index (κ1) is 14.4. The summed E-state index contributed by atoms with van der Waals surface area (Å²) in [5.74, 6) is 0.216. The first-order valence-corrected chi connectivity index (χ1v) is 7.44. The van der Waals surface area contributed by atoms with Gasteiger partial charge in [0.1, 0.15) is 11.6 Å². The summed E-state index contributed by atoms with van der Waals surface area (Å²) in [5.41, 5.74) is 0. The summed E-state index contributed by atoms with van der Waals surface area (Å²) in [4.78, 5) is 9.38. The molecule has 1 saturated heterocycles. The summed E-state index contributed by atoms with van der Waals surface area (Å²) in [7, 11) is 0. The number of piperidine rings is 1. The molecule has 0 amide bonds. The van der Waals surface area contributed by atoms with Crippen LogP contribution in [0, 0.1) is 5.92 Å². The molecule has 2 fully saturated rings. The van der Waals surface area contributed by atoms with E-state index in [1.54, 1.807) is 6.07 Å². The summed E-state index contributed by atoms with van der Waals surface area (Å²) < 4.78 is 38.9. The van der Waals surface area contributed by atoms with Gasteiger partial charge in [-0.25, -0.2) is 9.97 Å². The summed E-state index contributed by atoms with van der Waals surface area (Å²) >= 11 is 0.